The van der Waals surface area contributed by atoms with Crippen LogP contribution in [0, 0.1) is 20.8 Å². The number of aromatic carboxylic acids is 1. The van der Waals surface area contributed by atoms with Gasteiger partial charge < -0.3 is 10.4 Å². The Bertz CT molecular complexity index is 620. The fraction of sp³-hybridized carbons (Fsp3) is 0.286. The zero-order valence-corrected chi connectivity index (χ0v) is 12.0. The van der Waals surface area contributed by atoms with E-state index in [0.29, 0.717) is 17.1 Å². The van der Waals surface area contributed by atoms with E-state index < -0.39 is 5.97 Å². The number of aryl methyl sites for hydroxylation is 3. The second-order valence-electron chi connectivity index (χ2n) is 4.50. The quantitative estimate of drug-likeness (QED) is 0.898. The van der Waals surface area contributed by atoms with Crippen molar-refractivity contribution in [1.29, 1.82) is 0 Å². The number of nitrogens with one attached hydrogen (secondary N) is 1. The van der Waals surface area contributed by atoms with E-state index in [1.807, 2.05) is 13.8 Å². The van der Waals surface area contributed by atoms with Crippen molar-refractivity contribution in [3.05, 3.63) is 44.9 Å². The third-order valence-electron chi connectivity index (χ3n) is 2.86. The summed E-state index contributed by atoms with van der Waals surface area (Å²) in [5, 5.41) is 13.1. The van der Waals surface area contributed by atoms with Gasteiger partial charge in [0.25, 0.3) is 0 Å². The zero-order chi connectivity index (χ0) is 14.0. The highest BCUT2D eigenvalue weighted by molar-refractivity contribution is 7.13. The standard InChI is InChI=1S/C14H16N2O2S/c1-8-4-5-9(2)11(6-8)15-7-12-16-10(3)13(19-12)14(17)18/h4-6,15H,7H2,1-3H3,(H,17,18). The summed E-state index contributed by atoms with van der Waals surface area (Å²) < 4.78 is 0. The molecular weight excluding hydrogens is 260 g/mol. The maximum Gasteiger partial charge on any atom is 0.347 e. The first-order chi connectivity index (χ1) is 8.97. The summed E-state index contributed by atoms with van der Waals surface area (Å²) in [5.41, 5.74) is 3.99. The predicted molar refractivity (Wildman–Crippen MR) is 77.1 cm³/mol. The molecule has 1 aromatic carbocycles. The van der Waals surface area contributed by atoms with E-state index >= 15 is 0 Å². The number of anilines is 1. The number of hydrogen-bond donors (Lipinski definition) is 2. The highest BCUT2D eigenvalue weighted by Gasteiger charge is 2.13. The molecule has 0 atom stereocenters. The minimum atomic E-state index is -0.909. The van der Waals surface area contributed by atoms with Crippen LogP contribution in [0.1, 0.15) is 31.5 Å². The van der Waals surface area contributed by atoms with Gasteiger partial charge in [-0.1, -0.05) is 12.1 Å². The molecule has 1 heterocycles. The van der Waals surface area contributed by atoms with Crippen LogP contribution in [0.4, 0.5) is 5.69 Å². The Labute approximate surface area is 116 Å². The Balaban J connectivity index is 2.12. The van der Waals surface area contributed by atoms with E-state index in [2.05, 4.69) is 28.5 Å². The fourth-order valence-electron chi connectivity index (χ4n) is 1.82. The Morgan fingerprint density at radius 2 is 2.11 bits per heavy atom. The van der Waals surface area contributed by atoms with Gasteiger partial charge in [0, 0.05) is 5.69 Å². The highest BCUT2D eigenvalue weighted by atomic mass is 32.1. The van der Waals surface area contributed by atoms with Crippen LogP contribution < -0.4 is 5.32 Å². The molecule has 0 aliphatic carbocycles. The molecule has 0 amide bonds. The van der Waals surface area contributed by atoms with Gasteiger partial charge in [0.05, 0.1) is 12.2 Å². The molecule has 2 N–H and O–H groups in total. The summed E-state index contributed by atoms with van der Waals surface area (Å²) in [7, 11) is 0. The van der Waals surface area contributed by atoms with E-state index in [1.165, 1.54) is 16.9 Å². The van der Waals surface area contributed by atoms with Crippen LogP contribution in [-0.2, 0) is 6.54 Å². The lowest BCUT2D eigenvalue weighted by atomic mass is 10.1. The fourth-order valence-corrected chi connectivity index (χ4v) is 2.67. The van der Waals surface area contributed by atoms with Gasteiger partial charge >= 0.3 is 5.97 Å². The summed E-state index contributed by atoms with van der Waals surface area (Å²) in [6, 6.07) is 6.21. The summed E-state index contributed by atoms with van der Waals surface area (Å²) in [6.07, 6.45) is 0. The molecule has 0 bridgehead atoms. The molecule has 0 radical (unpaired) electrons. The molecule has 0 unspecified atom stereocenters. The lowest BCUT2D eigenvalue weighted by Gasteiger charge is -2.08. The number of nitrogens with zero attached hydrogens (tertiary/aromatic N) is 1. The average molecular weight is 276 g/mol. The summed E-state index contributed by atoms with van der Waals surface area (Å²) in [5.74, 6) is -0.909. The Kier molecular flexibility index (Phi) is 3.85. The lowest BCUT2D eigenvalue weighted by molar-refractivity contribution is 0.0701. The van der Waals surface area contributed by atoms with Crippen molar-refractivity contribution in [3.63, 3.8) is 0 Å². The normalized spacial score (nSPS) is 10.5. The molecule has 0 saturated carbocycles. The molecule has 1 aromatic heterocycles. The second kappa shape index (κ2) is 5.40. The number of carboxylic acid groups (broad SMARTS) is 1. The van der Waals surface area contributed by atoms with Crippen molar-refractivity contribution in [1.82, 2.24) is 4.98 Å². The first-order valence-electron chi connectivity index (χ1n) is 5.98. The average Bonchev–Trinajstić information content (AvgIpc) is 2.72. The molecule has 4 nitrogen and oxygen atoms in total. The van der Waals surface area contributed by atoms with E-state index in [9.17, 15) is 4.79 Å². The van der Waals surface area contributed by atoms with Gasteiger partial charge in [-0.15, -0.1) is 11.3 Å². The van der Waals surface area contributed by atoms with Crippen molar-refractivity contribution in [3.8, 4) is 0 Å². The minimum absolute atomic E-state index is 0.317. The Hall–Kier alpha value is -1.88. The Morgan fingerprint density at radius 1 is 1.37 bits per heavy atom. The third-order valence-corrected chi connectivity index (χ3v) is 4.00. The molecule has 0 fully saturated rings. The minimum Gasteiger partial charge on any atom is -0.477 e. The van der Waals surface area contributed by atoms with Crippen LogP contribution in [0.2, 0.25) is 0 Å². The maximum absolute atomic E-state index is 11.0. The summed E-state index contributed by atoms with van der Waals surface area (Å²) >= 11 is 1.22. The highest BCUT2D eigenvalue weighted by Crippen LogP contribution is 2.21. The molecular formula is C14H16N2O2S. The number of carboxylic acids is 1. The number of benzene rings is 1. The van der Waals surface area contributed by atoms with Crippen molar-refractivity contribution in [2.24, 2.45) is 0 Å². The van der Waals surface area contributed by atoms with Gasteiger partial charge in [0.2, 0.25) is 0 Å². The maximum atomic E-state index is 11.0. The van der Waals surface area contributed by atoms with Crippen LogP contribution >= 0.6 is 11.3 Å². The summed E-state index contributed by atoms with van der Waals surface area (Å²) in [4.78, 5) is 15.5. The number of aromatic nitrogens is 1. The second-order valence-corrected chi connectivity index (χ2v) is 5.58. The first kappa shape index (κ1) is 13.5. The number of rotatable bonds is 4. The van der Waals surface area contributed by atoms with E-state index in [1.54, 1.807) is 6.92 Å². The van der Waals surface area contributed by atoms with Crippen molar-refractivity contribution in [2.45, 2.75) is 27.3 Å². The zero-order valence-electron chi connectivity index (χ0n) is 11.2. The van der Waals surface area contributed by atoms with E-state index in [0.717, 1.165) is 16.3 Å². The van der Waals surface area contributed by atoms with Crippen LogP contribution in [-0.4, -0.2) is 16.1 Å². The van der Waals surface area contributed by atoms with Gasteiger partial charge in [-0.2, -0.15) is 0 Å². The van der Waals surface area contributed by atoms with Gasteiger partial charge in [-0.25, -0.2) is 9.78 Å². The Morgan fingerprint density at radius 3 is 2.74 bits per heavy atom. The van der Waals surface area contributed by atoms with Crippen LogP contribution in [0.15, 0.2) is 18.2 Å². The SMILES string of the molecule is Cc1ccc(C)c(NCc2nc(C)c(C(=O)O)s2)c1. The third kappa shape index (κ3) is 3.12. The number of hydrogen-bond acceptors (Lipinski definition) is 4. The summed E-state index contributed by atoms with van der Waals surface area (Å²) in [6.45, 7) is 6.35. The van der Waals surface area contributed by atoms with Crippen molar-refractivity contribution >= 4 is 23.0 Å². The molecule has 0 aliphatic heterocycles. The van der Waals surface area contributed by atoms with Crippen LogP contribution in [0.5, 0.6) is 0 Å². The van der Waals surface area contributed by atoms with Crippen molar-refractivity contribution < 1.29 is 9.90 Å². The van der Waals surface area contributed by atoms with Crippen LogP contribution in [0.3, 0.4) is 0 Å². The largest absolute Gasteiger partial charge is 0.477 e. The molecule has 0 spiro atoms. The predicted octanol–water partition coefficient (Wildman–Crippen LogP) is 3.38. The number of carbonyl (C=O) groups is 1. The first-order valence-corrected chi connectivity index (χ1v) is 6.79. The molecule has 19 heavy (non-hydrogen) atoms. The van der Waals surface area contributed by atoms with Gasteiger partial charge in [0.15, 0.2) is 0 Å². The monoisotopic (exact) mass is 276 g/mol. The van der Waals surface area contributed by atoms with Crippen molar-refractivity contribution in [2.75, 3.05) is 5.32 Å². The van der Waals surface area contributed by atoms with E-state index in [-0.39, 0.29) is 0 Å². The number of thiazole rings is 1. The molecule has 0 saturated heterocycles. The van der Waals surface area contributed by atoms with Gasteiger partial charge in [0.1, 0.15) is 9.88 Å². The topological polar surface area (TPSA) is 62.2 Å². The molecule has 0 aliphatic rings. The lowest BCUT2D eigenvalue weighted by Crippen LogP contribution is -2.01. The molecule has 100 valence electrons. The molecule has 2 aromatic rings. The van der Waals surface area contributed by atoms with Gasteiger partial charge in [-0.05, 0) is 38.0 Å². The van der Waals surface area contributed by atoms with Crippen LogP contribution in [0.25, 0.3) is 0 Å². The molecule has 5 heteroatoms. The van der Waals surface area contributed by atoms with Gasteiger partial charge in [-0.3, -0.25) is 0 Å². The smallest absolute Gasteiger partial charge is 0.347 e. The molecule has 2 rings (SSSR count). The van der Waals surface area contributed by atoms with E-state index in [4.69, 9.17) is 5.11 Å².